The second kappa shape index (κ2) is 7.37. The Bertz CT molecular complexity index is 895. The molecule has 0 radical (unpaired) electrons. The van der Waals surface area contributed by atoms with Gasteiger partial charge in [-0.3, -0.25) is 14.1 Å². The van der Waals surface area contributed by atoms with Gasteiger partial charge in [0.25, 0.3) is 5.56 Å². The predicted octanol–water partition coefficient (Wildman–Crippen LogP) is 3.31. The molecule has 0 saturated carbocycles. The molecule has 3 aromatic rings. The third kappa shape index (κ3) is 3.84. The highest BCUT2D eigenvalue weighted by atomic mass is 32.1. The highest BCUT2D eigenvalue weighted by Crippen LogP contribution is 2.19. The minimum Gasteiger partial charge on any atom is -0.377 e. The average molecular weight is 376 g/mol. The predicted molar refractivity (Wildman–Crippen MR) is 101 cm³/mol. The summed E-state index contributed by atoms with van der Waals surface area (Å²) in [4.78, 5) is 21.6. The number of fused-ring (bicyclic) bond motifs is 1. The van der Waals surface area contributed by atoms with Crippen molar-refractivity contribution in [1.29, 1.82) is 0 Å². The molecular weight excluding hydrogens is 354 g/mol. The lowest BCUT2D eigenvalue weighted by Gasteiger charge is -2.24. The monoisotopic (exact) mass is 375 g/mol. The number of thiazole rings is 1. The Morgan fingerprint density at radius 1 is 1.40 bits per heavy atom. The van der Waals surface area contributed by atoms with E-state index in [9.17, 15) is 4.79 Å². The lowest BCUT2D eigenvalue weighted by molar-refractivity contribution is 0.0678. The highest BCUT2D eigenvalue weighted by molar-refractivity contribution is 7.15. The van der Waals surface area contributed by atoms with Gasteiger partial charge in [0.1, 0.15) is 0 Å². The van der Waals surface area contributed by atoms with Crippen molar-refractivity contribution >= 4 is 27.6 Å². The molecule has 4 heterocycles. The van der Waals surface area contributed by atoms with E-state index in [1.807, 2.05) is 12.3 Å². The fraction of sp³-hybridized carbons (Fsp3) is 0.444. The zero-order chi connectivity index (χ0) is 17.2. The van der Waals surface area contributed by atoms with Gasteiger partial charge < -0.3 is 4.74 Å². The van der Waals surface area contributed by atoms with Crippen LogP contribution in [0.15, 0.2) is 33.8 Å². The van der Waals surface area contributed by atoms with Gasteiger partial charge in [-0.2, -0.15) is 0 Å². The first-order chi connectivity index (χ1) is 12.2. The van der Waals surface area contributed by atoms with E-state index < -0.39 is 0 Å². The Kier molecular flexibility index (Phi) is 4.98. The van der Waals surface area contributed by atoms with E-state index in [-0.39, 0.29) is 11.7 Å². The molecule has 1 aliphatic rings. The largest absolute Gasteiger partial charge is 0.377 e. The molecule has 1 saturated heterocycles. The van der Waals surface area contributed by atoms with E-state index in [2.05, 4.69) is 22.4 Å². The average Bonchev–Trinajstić information content (AvgIpc) is 3.31. The van der Waals surface area contributed by atoms with Gasteiger partial charge in [0.2, 0.25) is 0 Å². The first-order valence-corrected chi connectivity index (χ1v) is 10.3. The fourth-order valence-electron chi connectivity index (χ4n) is 3.30. The topological polar surface area (TPSA) is 46.8 Å². The lowest BCUT2D eigenvalue weighted by atomic mass is 10.2. The number of nitrogens with zero attached hydrogens (tertiary/aromatic N) is 3. The van der Waals surface area contributed by atoms with Crippen LogP contribution in [0.1, 0.15) is 29.1 Å². The number of thiophene rings is 1. The molecule has 4 rings (SSSR count). The van der Waals surface area contributed by atoms with Crippen LogP contribution in [0.4, 0.5) is 0 Å². The normalized spacial score (nSPS) is 17.8. The third-order valence-electron chi connectivity index (χ3n) is 4.46. The number of hydrogen-bond donors (Lipinski definition) is 0. The van der Waals surface area contributed by atoms with E-state index in [0.29, 0.717) is 6.54 Å². The summed E-state index contributed by atoms with van der Waals surface area (Å²) in [5.74, 6) is 0. The molecule has 0 unspecified atom stereocenters. The van der Waals surface area contributed by atoms with Crippen LogP contribution in [0, 0.1) is 6.92 Å². The van der Waals surface area contributed by atoms with Crippen molar-refractivity contribution in [3.8, 4) is 0 Å². The zero-order valence-corrected chi connectivity index (χ0v) is 15.8. The van der Waals surface area contributed by atoms with Crippen molar-refractivity contribution in [1.82, 2.24) is 14.3 Å². The van der Waals surface area contributed by atoms with Gasteiger partial charge in [-0.25, -0.2) is 4.98 Å². The van der Waals surface area contributed by atoms with Crippen molar-refractivity contribution < 1.29 is 4.74 Å². The Balaban J connectivity index is 1.57. The molecular formula is C18H21N3O2S2. The maximum atomic E-state index is 12.4. The van der Waals surface area contributed by atoms with Crippen molar-refractivity contribution in [3.05, 3.63) is 55.6 Å². The van der Waals surface area contributed by atoms with Gasteiger partial charge >= 0.3 is 0 Å². The molecule has 0 aromatic carbocycles. The summed E-state index contributed by atoms with van der Waals surface area (Å²) in [6.45, 7) is 5.20. The van der Waals surface area contributed by atoms with Crippen LogP contribution >= 0.6 is 22.7 Å². The van der Waals surface area contributed by atoms with Crippen LogP contribution in [0.3, 0.4) is 0 Å². The van der Waals surface area contributed by atoms with E-state index in [1.165, 1.54) is 16.2 Å². The number of ether oxygens (including phenoxy) is 1. The minimum absolute atomic E-state index is 0.00643. The smallest absolute Gasteiger partial charge is 0.259 e. The van der Waals surface area contributed by atoms with Gasteiger partial charge in [0.05, 0.1) is 11.8 Å². The molecule has 0 spiro atoms. The van der Waals surface area contributed by atoms with Crippen molar-refractivity contribution in [2.24, 2.45) is 0 Å². The van der Waals surface area contributed by atoms with Crippen LogP contribution < -0.4 is 5.56 Å². The van der Waals surface area contributed by atoms with Gasteiger partial charge in [-0.1, -0.05) is 6.07 Å². The second-order valence-corrected chi connectivity index (χ2v) is 8.33. The van der Waals surface area contributed by atoms with Gasteiger partial charge in [0, 0.05) is 48.3 Å². The third-order valence-corrected chi connectivity index (χ3v) is 6.26. The summed E-state index contributed by atoms with van der Waals surface area (Å²) >= 11 is 3.28. The quantitative estimate of drug-likeness (QED) is 0.663. The Morgan fingerprint density at radius 3 is 3.08 bits per heavy atom. The van der Waals surface area contributed by atoms with Crippen LogP contribution in [0.2, 0.25) is 0 Å². The summed E-state index contributed by atoms with van der Waals surface area (Å²) < 4.78 is 7.49. The minimum atomic E-state index is 0.00643. The first kappa shape index (κ1) is 16.9. The number of aromatic nitrogens is 2. The van der Waals surface area contributed by atoms with Gasteiger partial charge in [-0.05, 0) is 31.2 Å². The fourth-order valence-corrected chi connectivity index (χ4v) is 4.93. The summed E-state index contributed by atoms with van der Waals surface area (Å²) in [6.07, 6.45) is 2.53. The summed E-state index contributed by atoms with van der Waals surface area (Å²) in [6, 6.07) is 5.90. The molecule has 1 atom stereocenters. The molecule has 7 heteroatoms. The Morgan fingerprint density at radius 2 is 2.32 bits per heavy atom. The van der Waals surface area contributed by atoms with Crippen LogP contribution in [0.5, 0.6) is 0 Å². The van der Waals surface area contributed by atoms with Crippen molar-refractivity contribution in [2.45, 2.75) is 39.0 Å². The van der Waals surface area contributed by atoms with E-state index in [1.54, 1.807) is 21.8 Å². The first-order valence-electron chi connectivity index (χ1n) is 8.52. The molecule has 5 nitrogen and oxygen atoms in total. The maximum absolute atomic E-state index is 12.4. The van der Waals surface area contributed by atoms with Crippen molar-refractivity contribution in [3.63, 3.8) is 0 Å². The molecule has 0 aliphatic carbocycles. The summed E-state index contributed by atoms with van der Waals surface area (Å²) in [7, 11) is 0. The molecule has 1 aliphatic heterocycles. The second-order valence-electron chi connectivity index (χ2n) is 6.46. The molecule has 0 N–H and O–H groups in total. The summed E-state index contributed by atoms with van der Waals surface area (Å²) in [5, 5.41) is 4.08. The standard InChI is InChI=1S/C18H21N3O2S2/c1-13-12-25-18-19-14(8-17(22)21(13)18)9-20(10-15-4-2-6-23-15)11-16-5-3-7-24-16/h3,5,7-8,12,15H,2,4,6,9-11H2,1H3/t15-/m1/s1. The molecule has 132 valence electrons. The Hall–Kier alpha value is -1.54. The maximum Gasteiger partial charge on any atom is 0.259 e. The Labute approximate surface area is 154 Å². The SMILES string of the molecule is Cc1csc2nc(CN(Cc3cccs3)C[C@H]3CCCO3)cc(=O)n12. The molecule has 0 bridgehead atoms. The van der Waals surface area contributed by atoms with Gasteiger partial charge in [0.15, 0.2) is 4.96 Å². The summed E-state index contributed by atoms with van der Waals surface area (Å²) in [5.41, 5.74) is 1.78. The van der Waals surface area contributed by atoms with Crippen LogP contribution in [0.25, 0.3) is 4.96 Å². The molecule has 25 heavy (non-hydrogen) atoms. The van der Waals surface area contributed by atoms with E-state index >= 15 is 0 Å². The zero-order valence-electron chi connectivity index (χ0n) is 14.2. The lowest BCUT2D eigenvalue weighted by Crippen LogP contribution is -2.32. The molecule has 1 fully saturated rings. The van der Waals surface area contributed by atoms with Crippen molar-refractivity contribution in [2.75, 3.05) is 13.2 Å². The van der Waals surface area contributed by atoms with E-state index in [4.69, 9.17) is 9.72 Å². The molecule has 3 aromatic heterocycles. The number of rotatable bonds is 6. The van der Waals surface area contributed by atoms with Crippen LogP contribution in [-0.4, -0.2) is 33.5 Å². The molecule has 0 amide bonds. The highest BCUT2D eigenvalue weighted by Gasteiger charge is 2.20. The number of hydrogen-bond acceptors (Lipinski definition) is 6. The van der Waals surface area contributed by atoms with Gasteiger partial charge in [-0.15, -0.1) is 22.7 Å². The van der Waals surface area contributed by atoms with Crippen LogP contribution in [-0.2, 0) is 17.8 Å². The number of aryl methyl sites for hydroxylation is 1. The van der Waals surface area contributed by atoms with E-state index in [0.717, 1.165) is 48.9 Å².